The molecule has 40 heavy (non-hydrogen) atoms. The Bertz CT molecular complexity index is 1580. The molecule has 0 atom stereocenters. The van der Waals surface area contributed by atoms with Crippen LogP contribution in [0.1, 0.15) is 52.0 Å². The van der Waals surface area contributed by atoms with Gasteiger partial charge in [0.15, 0.2) is 0 Å². The minimum atomic E-state index is -1.41. The summed E-state index contributed by atoms with van der Waals surface area (Å²) in [6.45, 7) is 4.99. The van der Waals surface area contributed by atoms with Crippen LogP contribution in [0, 0.1) is 5.82 Å². The summed E-state index contributed by atoms with van der Waals surface area (Å²) in [5, 5.41) is 6.07. The Morgan fingerprint density at radius 2 is 1.82 bits per heavy atom. The van der Waals surface area contributed by atoms with Crippen molar-refractivity contribution < 1.29 is 20.8 Å². The van der Waals surface area contributed by atoms with Crippen LogP contribution in [0.2, 0.25) is 0 Å². The molecule has 0 unspecified atom stereocenters. The third kappa shape index (κ3) is 5.11. The molecule has 2 aliphatic rings. The van der Waals surface area contributed by atoms with Crippen molar-refractivity contribution in [3.63, 3.8) is 0 Å². The lowest BCUT2D eigenvalue weighted by atomic mass is 9.87. The van der Waals surface area contributed by atoms with Gasteiger partial charge in [0, 0.05) is 39.5 Å². The number of halogens is 2. The molecule has 1 saturated carbocycles. The zero-order valence-corrected chi connectivity index (χ0v) is 22.9. The highest BCUT2D eigenvalue weighted by Gasteiger charge is 2.58. The number of hydrogen-bond acceptors (Lipinski definition) is 5. The summed E-state index contributed by atoms with van der Waals surface area (Å²) < 4.78 is 35.2. The number of alkyl halides is 1. The van der Waals surface area contributed by atoms with Crippen LogP contribution in [0.3, 0.4) is 0 Å². The third-order valence-corrected chi connectivity index (χ3v) is 8.10. The lowest BCUT2D eigenvalue weighted by Gasteiger charge is -2.24. The number of nitrogens with zero attached hydrogens (tertiary/aromatic N) is 2. The van der Waals surface area contributed by atoms with E-state index < -0.39 is 16.9 Å². The quantitative estimate of drug-likeness (QED) is 0.238. The van der Waals surface area contributed by atoms with Crippen molar-refractivity contribution in [3.8, 4) is 11.1 Å². The SMILES string of the molecule is CN1Cc2ccc(Nc3ccc(-c4ccc(CC(=O)Nc5coc(C6(C(C)(C)F)CC6)c5)c(F)c4)cn3)cc2C1.[HH].[HH]. The van der Waals surface area contributed by atoms with E-state index in [2.05, 4.69) is 45.8 Å². The fourth-order valence-electron chi connectivity index (χ4n) is 5.59. The standard InChI is InChI=1S/C32H32F2N4O2.2H2/c1-31(2,34)32(10-11-32)28-15-26(19-40-28)37-30(39)14-21-5-4-20(13-27(21)33)22-7-9-29(35-16-22)36-25-8-6-23-17-38(3)18-24(23)12-25;;/h4-9,12-13,15-16,19H,10-11,14,17-18H2,1-3H3,(H,35,36)(H,37,39);2*1H. The first kappa shape index (κ1) is 26.2. The zero-order valence-electron chi connectivity index (χ0n) is 22.9. The number of anilines is 3. The minimum absolute atomic E-state index is 0. The number of benzene rings is 2. The van der Waals surface area contributed by atoms with Crippen LogP contribution in [-0.4, -0.2) is 28.5 Å². The first-order chi connectivity index (χ1) is 19.1. The number of rotatable bonds is 8. The maximum absolute atomic E-state index is 15.0. The summed E-state index contributed by atoms with van der Waals surface area (Å²) in [6, 6.07) is 16.6. The normalized spacial score (nSPS) is 16.0. The molecule has 210 valence electrons. The molecular formula is C32H36F2N4O2. The number of pyridine rings is 1. The van der Waals surface area contributed by atoms with Crippen LogP contribution in [0.25, 0.3) is 11.1 Å². The molecule has 1 aliphatic heterocycles. The molecule has 6 nitrogen and oxygen atoms in total. The van der Waals surface area contributed by atoms with E-state index >= 15 is 0 Å². The Hall–Kier alpha value is -4.04. The molecule has 4 aromatic rings. The van der Waals surface area contributed by atoms with E-state index in [9.17, 15) is 13.6 Å². The molecule has 0 radical (unpaired) electrons. The predicted molar refractivity (Wildman–Crippen MR) is 156 cm³/mol. The van der Waals surface area contributed by atoms with Crippen molar-refractivity contribution in [3.05, 3.63) is 95.3 Å². The molecular weight excluding hydrogens is 510 g/mol. The summed E-state index contributed by atoms with van der Waals surface area (Å²) >= 11 is 0. The van der Waals surface area contributed by atoms with Crippen molar-refractivity contribution in [2.75, 3.05) is 17.7 Å². The van der Waals surface area contributed by atoms with Crippen LogP contribution in [0.15, 0.2) is 71.5 Å². The molecule has 6 rings (SSSR count). The number of carbonyl (C=O) groups is 1. The van der Waals surface area contributed by atoms with E-state index in [-0.39, 0.29) is 20.7 Å². The molecule has 2 aromatic heterocycles. The molecule has 2 N–H and O–H groups in total. The van der Waals surface area contributed by atoms with E-state index in [1.54, 1.807) is 38.2 Å². The molecule has 1 amide bonds. The van der Waals surface area contributed by atoms with Gasteiger partial charge in [-0.05, 0) is 86.3 Å². The fraction of sp³-hybridized carbons (Fsp3) is 0.312. The van der Waals surface area contributed by atoms with E-state index in [0.29, 0.717) is 35.7 Å². The lowest BCUT2D eigenvalue weighted by molar-refractivity contribution is -0.115. The second kappa shape index (κ2) is 9.86. The zero-order chi connectivity index (χ0) is 28.1. The van der Waals surface area contributed by atoms with Crippen LogP contribution in [0.5, 0.6) is 0 Å². The maximum atomic E-state index is 15.0. The molecule has 3 heterocycles. The molecule has 2 aromatic carbocycles. The highest BCUT2D eigenvalue weighted by molar-refractivity contribution is 5.92. The lowest BCUT2D eigenvalue weighted by Crippen LogP contribution is -2.31. The Morgan fingerprint density at radius 1 is 1.05 bits per heavy atom. The van der Waals surface area contributed by atoms with Gasteiger partial charge in [-0.15, -0.1) is 0 Å². The fourth-order valence-corrected chi connectivity index (χ4v) is 5.59. The highest BCUT2D eigenvalue weighted by Crippen LogP contribution is 2.57. The Kier molecular flexibility index (Phi) is 6.45. The van der Waals surface area contributed by atoms with E-state index in [4.69, 9.17) is 4.42 Å². The first-order valence-corrected chi connectivity index (χ1v) is 13.5. The van der Waals surface area contributed by atoms with Gasteiger partial charge in [0.2, 0.25) is 5.91 Å². The molecule has 1 fully saturated rings. The molecule has 8 heteroatoms. The molecule has 0 saturated heterocycles. The molecule has 1 aliphatic carbocycles. The van der Waals surface area contributed by atoms with Gasteiger partial charge < -0.3 is 15.1 Å². The monoisotopic (exact) mass is 546 g/mol. The second-order valence-corrected chi connectivity index (χ2v) is 11.5. The second-order valence-electron chi connectivity index (χ2n) is 11.5. The van der Waals surface area contributed by atoms with E-state index in [1.807, 2.05) is 12.1 Å². The van der Waals surface area contributed by atoms with Gasteiger partial charge in [0.1, 0.15) is 29.3 Å². The number of carbonyl (C=O) groups excluding carboxylic acids is 1. The van der Waals surface area contributed by atoms with Gasteiger partial charge in [-0.25, -0.2) is 13.8 Å². The van der Waals surface area contributed by atoms with Crippen molar-refractivity contribution in [1.82, 2.24) is 9.88 Å². The van der Waals surface area contributed by atoms with Crippen molar-refractivity contribution in [2.24, 2.45) is 0 Å². The van der Waals surface area contributed by atoms with Crippen LogP contribution in [-0.2, 0) is 29.7 Å². The summed E-state index contributed by atoms with van der Waals surface area (Å²) in [5.41, 5.74) is 3.75. The van der Waals surface area contributed by atoms with Crippen LogP contribution >= 0.6 is 0 Å². The smallest absolute Gasteiger partial charge is 0.228 e. The van der Waals surface area contributed by atoms with Gasteiger partial charge in [0.05, 0.1) is 17.5 Å². The Labute approximate surface area is 235 Å². The number of amides is 1. The van der Waals surface area contributed by atoms with Crippen LogP contribution < -0.4 is 10.6 Å². The van der Waals surface area contributed by atoms with E-state index in [0.717, 1.165) is 24.3 Å². The highest BCUT2D eigenvalue weighted by atomic mass is 19.1. The van der Waals surface area contributed by atoms with E-state index in [1.165, 1.54) is 23.5 Å². The Morgan fingerprint density at radius 3 is 2.52 bits per heavy atom. The molecule has 0 bridgehead atoms. The summed E-state index contributed by atoms with van der Waals surface area (Å²) in [7, 11) is 2.11. The topological polar surface area (TPSA) is 70.4 Å². The maximum Gasteiger partial charge on any atom is 0.228 e. The Balaban J connectivity index is 0.00000202. The van der Waals surface area contributed by atoms with Crippen molar-refractivity contribution >= 4 is 23.1 Å². The molecule has 0 spiro atoms. The number of aromatic nitrogens is 1. The summed E-state index contributed by atoms with van der Waals surface area (Å²) in [6.07, 6.45) is 4.39. The van der Waals surface area contributed by atoms with Crippen molar-refractivity contribution in [1.29, 1.82) is 0 Å². The minimum Gasteiger partial charge on any atom is -0.466 e. The van der Waals surface area contributed by atoms with Gasteiger partial charge in [0.25, 0.3) is 0 Å². The number of hydrogen-bond donors (Lipinski definition) is 2. The predicted octanol–water partition coefficient (Wildman–Crippen LogP) is 7.62. The first-order valence-electron chi connectivity index (χ1n) is 13.5. The average Bonchev–Trinajstić information content (AvgIpc) is 3.47. The van der Waals surface area contributed by atoms with Gasteiger partial charge in [-0.2, -0.15) is 0 Å². The number of furan rings is 1. The summed E-state index contributed by atoms with van der Waals surface area (Å²) in [4.78, 5) is 19.4. The summed E-state index contributed by atoms with van der Waals surface area (Å²) in [5.74, 6) is 0.385. The van der Waals surface area contributed by atoms with Crippen LogP contribution in [0.4, 0.5) is 26.0 Å². The van der Waals surface area contributed by atoms with Gasteiger partial charge in [-0.1, -0.05) is 18.2 Å². The third-order valence-electron chi connectivity index (χ3n) is 8.10. The number of nitrogens with one attached hydrogen (secondary N) is 2. The van der Waals surface area contributed by atoms with Gasteiger partial charge in [-0.3, -0.25) is 9.69 Å². The number of fused-ring (bicyclic) bond motifs is 1. The largest absolute Gasteiger partial charge is 0.466 e. The average molecular weight is 547 g/mol. The van der Waals surface area contributed by atoms with Gasteiger partial charge >= 0.3 is 0 Å². The van der Waals surface area contributed by atoms with Crippen molar-refractivity contribution in [2.45, 2.75) is 57.3 Å².